The third-order valence-corrected chi connectivity index (χ3v) is 3.27. The van der Waals surface area contributed by atoms with Crippen LogP contribution in [0.25, 0.3) is 0 Å². The Morgan fingerprint density at radius 2 is 1.81 bits per heavy atom. The zero-order chi connectivity index (χ0) is 18.9. The molecule has 0 aliphatic heterocycles. The van der Waals surface area contributed by atoms with Crippen LogP contribution in [-0.2, 0) is 16.1 Å². The molecule has 0 saturated carbocycles. The third kappa shape index (κ3) is 6.04. The summed E-state index contributed by atoms with van der Waals surface area (Å²) in [6.07, 6.45) is 0. The molecule has 0 aliphatic rings. The first-order valence-electron chi connectivity index (χ1n) is 7.59. The second-order valence-corrected chi connectivity index (χ2v) is 5.11. The number of alkyl halides is 2. The maximum atomic E-state index is 12.1. The van der Waals surface area contributed by atoms with Crippen LogP contribution in [0, 0.1) is 0 Å². The molecular weight excluding hydrogens is 348 g/mol. The molecule has 0 unspecified atom stereocenters. The maximum absolute atomic E-state index is 12.1. The monoisotopic (exact) mass is 365 g/mol. The van der Waals surface area contributed by atoms with Crippen LogP contribution in [-0.4, -0.2) is 32.2 Å². The molecular formula is C18H17F2NO5. The summed E-state index contributed by atoms with van der Waals surface area (Å²) < 4.78 is 38.3. The van der Waals surface area contributed by atoms with E-state index < -0.39 is 25.1 Å². The van der Waals surface area contributed by atoms with Gasteiger partial charge in [0.05, 0.1) is 12.7 Å². The molecule has 8 heteroatoms. The molecule has 0 fully saturated rings. The second kappa shape index (κ2) is 9.36. The summed E-state index contributed by atoms with van der Waals surface area (Å²) in [6.45, 7) is -3.15. The highest BCUT2D eigenvalue weighted by molar-refractivity contribution is 5.91. The van der Waals surface area contributed by atoms with E-state index in [4.69, 9.17) is 9.47 Å². The fraction of sp³-hybridized carbons (Fsp3) is 0.222. The molecule has 1 amide bonds. The van der Waals surface area contributed by atoms with E-state index in [9.17, 15) is 18.4 Å². The van der Waals surface area contributed by atoms with E-state index in [0.29, 0.717) is 5.75 Å². The van der Waals surface area contributed by atoms with Crippen molar-refractivity contribution >= 4 is 11.9 Å². The lowest BCUT2D eigenvalue weighted by molar-refractivity contribution is -0.124. The SMILES string of the molecule is COc1cccc(CNC(=O)COC(=O)c2ccc(OC(F)F)cc2)c1. The minimum absolute atomic E-state index is 0.0763. The second-order valence-electron chi connectivity index (χ2n) is 5.11. The molecule has 26 heavy (non-hydrogen) atoms. The fourth-order valence-electron chi connectivity index (χ4n) is 2.02. The molecule has 2 aromatic carbocycles. The van der Waals surface area contributed by atoms with Crippen molar-refractivity contribution in [1.29, 1.82) is 0 Å². The Balaban J connectivity index is 1.78. The number of amides is 1. The topological polar surface area (TPSA) is 73.9 Å². The number of methoxy groups -OCH3 is 1. The minimum Gasteiger partial charge on any atom is -0.497 e. The van der Waals surface area contributed by atoms with Gasteiger partial charge in [-0.05, 0) is 42.0 Å². The van der Waals surface area contributed by atoms with Gasteiger partial charge in [-0.25, -0.2) is 4.79 Å². The molecule has 0 heterocycles. The highest BCUT2D eigenvalue weighted by Gasteiger charge is 2.11. The Kier molecular flexibility index (Phi) is 6.90. The van der Waals surface area contributed by atoms with Crippen molar-refractivity contribution in [2.45, 2.75) is 13.2 Å². The van der Waals surface area contributed by atoms with Gasteiger partial charge in [0.25, 0.3) is 5.91 Å². The number of esters is 1. The van der Waals surface area contributed by atoms with Gasteiger partial charge in [-0.15, -0.1) is 0 Å². The summed E-state index contributed by atoms with van der Waals surface area (Å²) in [5.41, 5.74) is 0.950. The summed E-state index contributed by atoms with van der Waals surface area (Å²) in [6, 6.07) is 12.1. The van der Waals surface area contributed by atoms with Crippen molar-refractivity contribution in [2.24, 2.45) is 0 Å². The van der Waals surface area contributed by atoms with Gasteiger partial charge in [-0.2, -0.15) is 8.78 Å². The summed E-state index contributed by atoms with van der Waals surface area (Å²) >= 11 is 0. The van der Waals surface area contributed by atoms with Gasteiger partial charge in [-0.3, -0.25) is 4.79 Å². The summed E-state index contributed by atoms with van der Waals surface area (Å²) in [7, 11) is 1.54. The van der Waals surface area contributed by atoms with Gasteiger partial charge >= 0.3 is 12.6 Å². The van der Waals surface area contributed by atoms with Crippen molar-refractivity contribution in [3.05, 3.63) is 59.7 Å². The van der Waals surface area contributed by atoms with E-state index >= 15 is 0 Å². The first kappa shape index (κ1) is 19.2. The normalized spacial score (nSPS) is 10.3. The Hall–Kier alpha value is -3.16. The van der Waals surface area contributed by atoms with Crippen LogP contribution in [0.3, 0.4) is 0 Å². The Bertz CT molecular complexity index is 750. The molecule has 6 nitrogen and oxygen atoms in total. The predicted octanol–water partition coefficient (Wildman–Crippen LogP) is 2.77. The largest absolute Gasteiger partial charge is 0.497 e. The van der Waals surface area contributed by atoms with Gasteiger partial charge in [0.15, 0.2) is 6.61 Å². The van der Waals surface area contributed by atoms with E-state index in [1.165, 1.54) is 24.3 Å². The zero-order valence-corrected chi connectivity index (χ0v) is 13.9. The first-order chi connectivity index (χ1) is 12.5. The summed E-state index contributed by atoms with van der Waals surface area (Å²) in [4.78, 5) is 23.6. The molecule has 1 N–H and O–H groups in total. The average Bonchev–Trinajstić information content (AvgIpc) is 2.64. The van der Waals surface area contributed by atoms with E-state index in [2.05, 4.69) is 10.1 Å². The quantitative estimate of drug-likeness (QED) is 0.728. The van der Waals surface area contributed by atoms with Crippen molar-refractivity contribution in [3.63, 3.8) is 0 Å². The Morgan fingerprint density at radius 3 is 2.46 bits per heavy atom. The molecule has 0 bridgehead atoms. The number of carbonyl (C=O) groups is 2. The van der Waals surface area contributed by atoms with Gasteiger partial charge in [0, 0.05) is 6.54 Å². The van der Waals surface area contributed by atoms with Crippen LogP contribution >= 0.6 is 0 Å². The molecule has 0 saturated heterocycles. The number of nitrogens with one attached hydrogen (secondary N) is 1. The average molecular weight is 365 g/mol. The molecule has 0 spiro atoms. The number of rotatable bonds is 8. The van der Waals surface area contributed by atoms with Crippen molar-refractivity contribution < 1.29 is 32.6 Å². The van der Waals surface area contributed by atoms with E-state index in [1.807, 2.05) is 6.07 Å². The van der Waals surface area contributed by atoms with Crippen LogP contribution < -0.4 is 14.8 Å². The highest BCUT2D eigenvalue weighted by atomic mass is 19.3. The van der Waals surface area contributed by atoms with Gasteiger partial charge in [0.2, 0.25) is 0 Å². The van der Waals surface area contributed by atoms with Crippen LogP contribution in [0.5, 0.6) is 11.5 Å². The van der Waals surface area contributed by atoms with Crippen molar-refractivity contribution in [3.8, 4) is 11.5 Å². The standard InChI is InChI=1S/C18H17F2NO5/c1-24-15-4-2-3-12(9-15)10-21-16(22)11-25-17(23)13-5-7-14(8-6-13)26-18(19)20/h2-9,18H,10-11H2,1H3,(H,21,22). The Labute approximate surface area is 148 Å². The fourth-order valence-corrected chi connectivity index (χ4v) is 2.02. The molecule has 0 radical (unpaired) electrons. The summed E-state index contributed by atoms with van der Waals surface area (Å²) in [5, 5.41) is 2.61. The minimum atomic E-state index is -2.94. The van der Waals surface area contributed by atoms with Gasteiger partial charge < -0.3 is 19.5 Å². The van der Waals surface area contributed by atoms with Crippen molar-refractivity contribution in [1.82, 2.24) is 5.32 Å². The predicted molar refractivity (Wildman–Crippen MR) is 88.2 cm³/mol. The smallest absolute Gasteiger partial charge is 0.387 e. The first-order valence-corrected chi connectivity index (χ1v) is 7.59. The van der Waals surface area contributed by atoms with Crippen LogP contribution in [0.4, 0.5) is 8.78 Å². The van der Waals surface area contributed by atoms with E-state index in [1.54, 1.807) is 25.3 Å². The zero-order valence-electron chi connectivity index (χ0n) is 13.9. The maximum Gasteiger partial charge on any atom is 0.387 e. The molecule has 0 aromatic heterocycles. The van der Waals surface area contributed by atoms with Crippen molar-refractivity contribution in [2.75, 3.05) is 13.7 Å². The lowest BCUT2D eigenvalue weighted by atomic mass is 10.2. The molecule has 138 valence electrons. The number of carbonyl (C=O) groups excluding carboxylic acids is 2. The number of halogens is 2. The Morgan fingerprint density at radius 1 is 1.08 bits per heavy atom. The van der Waals surface area contributed by atoms with E-state index in [-0.39, 0.29) is 17.9 Å². The lowest BCUT2D eigenvalue weighted by Crippen LogP contribution is -2.28. The van der Waals surface area contributed by atoms with Gasteiger partial charge in [-0.1, -0.05) is 12.1 Å². The van der Waals surface area contributed by atoms with Crippen LogP contribution in [0.1, 0.15) is 15.9 Å². The third-order valence-electron chi connectivity index (χ3n) is 3.27. The lowest BCUT2D eigenvalue weighted by Gasteiger charge is -2.08. The molecule has 0 atom stereocenters. The number of hydrogen-bond donors (Lipinski definition) is 1. The molecule has 2 rings (SSSR count). The number of benzene rings is 2. The van der Waals surface area contributed by atoms with Gasteiger partial charge in [0.1, 0.15) is 11.5 Å². The highest BCUT2D eigenvalue weighted by Crippen LogP contribution is 2.15. The molecule has 2 aromatic rings. The number of hydrogen-bond acceptors (Lipinski definition) is 5. The molecule has 0 aliphatic carbocycles. The van der Waals surface area contributed by atoms with Crippen LogP contribution in [0.2, 0.25) is 0 Å². The van der Waals surface area contributed by atoms with E-state index in [0.717, 1.165) is 5.56 Å². The number of ether oxygens (including phenoxy) is 3. The summed E-state index contributed by atoms with van der Waals surface area (Å²) in [5.74, 6) is -0.626. The van der Waals surface area contributed by atoms with Crippen LogP contribution in [0.15, 0.2) is 48.5 Å².